The Morgan fingerprint density at radius 2 is 1.83 bits per heavy atom. The van der Waals surface area contributed by atoms with Crippen molar-refractivity contribution in [3.8, 4) is 11.5 Å². The second-order valence-electron chi connectivity index (χ2n) is 5.35. The molecule has 0 saturated heterocycles. The molecule has 2 aromatic rings. The van der Waals surface area contributed by atoms with Gasteiger partial charge in [-0.15, -0.1) is 0 Å². The second-order valence-corrected chi connectivity index (χ2v) is 5.35. The number of hydrogen-bond acceptors (Lipinski definition) is 3. The number of hydrogen-bond donors (Lipinski definition) is 1. The van der Waals surface area contributed by atoms with Gasteiger partial charge in [0.1, 0.15) is 11.5 Å². The van der Waals surface area contributed by atoms with Crippen LogP contribution in [0.25, 0.3) is 0 Å². The second kappa shape index (κ2) is 8.22. The van der Waals surface area contributed by atoms with Gasteiger partial charge in [0.2, 0.25) is 0 Å². The lowest BCUT2D eigenvalue weighted by Gasteiger charge is -2.15. The lowest BCUT2D eigenvalue weighted by atomic mass is 10.1. The standard InChI is InChI=1S/C19H23NO3/c1-4-15-8-10-16(11-9-15)14(2)20-19(21)13-23-18-7-5-6-17(12-18)22-3/h5-12,14H,4,13H2,1-3H3,(H,20,21)/t14-/m0/s1. The van der Waals surface area contributed by atoms with E-state index in [2.05, 4.69) is 24.4 Å². The van der Waals surface area contributed by atoms with Gasteiger partial charge in [0.25, 0.3) is 5.91 Å². The zero-order valence-corrected chi connectivity index (χ0v) is 13.8. The summed E-state index contributed by atoms with van der Waals surface area (Å²) in [4.78, 5) is 12.0. The molecule has 0 fully saturated rings. The molecule has 0 aliphatic heterocycles. The Balaban J connectivity index is 1.85. The fraction of sp³-hybridized carbons (Fsp3) is 0.316. The van der Waals surface area contributed by atoms with Gasteiger partial charge in [-0.3, -0.25) is 4.79 Å². The summed E-state index contributed by atoms with van der Waals surface area (Å²) < 4.78 is 10.6. The van der Waals surface area contributed by atoms with E-state index in [9.17, 15) is 4.79 Å². The number of aryl methyl sites for hydroxylation is 1. The van der Waals surface area contributed by atoms with Crippen molar-refractivity contribution in [1.82, 2.24) is 5.32 Å². The molecule has 1 atom stereocenters. The van der Waals surface area contributed by atoms with Gasteiger partial charge >= 0.3 is 0 Å². The molecule has 0 heterocycles. The van der Waals surface area contributed by atoms with Crippen molar-refractivity contribution in [3.05, 3.63) is 59.7 Å². The smallest absolute Gasteiger partial charge is 0.258 e. The van der Waals surface area contributed by atoms with Crippen LogP contribution in [0.5, 0.6) is 11.5 Å². The minimum Gasteiger partial charge on any atom is -0.497 e. The molecule has 2 aromatic carbocycles. The van der Waals surface area contributed by atoms with Crippen LogP contribution in [0.3, 0.4) is 0 Å². The number of nitrogens with one attached hydrogen (secondary N) is 1. The highest BCUT2D eigenvalue weighted by Gasteiger charge is 2.10. The maximum Gasteiger partial charge on any atom is 0.258 e. The predicted octanol–water partition coefficient (Wildman–Crippen LogP) is 3.51. The molecule has 0 spiro atoms. The van der Waals surface area contributed by atoms with Gasteiger partial charge in [-0.2, -0.15) is 0 Å². The summed E-state index contributed by atoms with van der Waals surface area (Å²) in [7, 11) is 1.59. The molecule has 0 aliphatic rings. The highest BCUT2D eigenvalue weighted by molar-refractivity contribution is 5.78. The van der Waals surface area contributed by atoms with Crippen LogP contribution in [0.1, 0.15) is 31.0 Å². The Labute approximate surface area is 137 Å². The highest BCUT2D eigenvalue weighted by atomic mass is 16.5. The number of rotatable bonds is 7. The number of amides is 1. The van der Waals surface area contributed by atoms with E-state index < -0.39 is 0 Å². The van der Waals surface area contributed by atoms with E-state index >= 15 is 0 Å². The molecule has 1 N–H and O–H groups in total. The Hall–Kier alpha value is -2.49. The molecule has 23 heavy (non-hydrogen) atoms. The largest absolute Gasteiger partial charge is 0.497 e. The fourth-order valence-electron chi connectivity index (χ4n) is 2.25. The van der Waals surface area contributed by atoms with Crippen molar-refractivity contribution in [2.45, 2.75) is 26.3 Å². The lowest BCUT2D eigenvalue weighted by Crippen LogP contribution is -2.31. The third-order valence-electron chi connectivity index (χ3n) is 3.68. The quantitative estimate of drug-likeness (QED) is 0.851. The summed E-state index contributed by atoms with van der Waals surface area (Å²) in [5.74, 6) is 1.16. The van der Waals surface area contributed by atoms with E-state index in [4.69, 9.17) is 9.47 Å². The zero-order chi connectivity index (χ0) is 16.7. The summed E-state index contributed by atoms with van der Waals surface area (Å²) >= 11 is 0. The van der Waals surface area contributed by atoms with Crippen LogP contribution in [0.4, 0.5) is 0 Å². The molecular formula is C19H23NO3. The average molecular weight is 313 g/mol. The maximum atomic E-state index is 12.0. The number of carbonyl (C=O) groups excluding carboxylic acids is 1. The minimum atomic E-state index is -0.153. The zero-order valence-electron chi connectivity index (χ0n) is 13.8. The normalized spacial score (nSPS) is 11.6. The van der Waals surface area contributed by atoms with E-state index in [1.165, 1.54) is 5.56 Å². The Bertz CT molecular complexity index is 637. The Kier molecular flexibility index (Phi) is 6.03. The van der Waals surface area contributed by atoms with Gasteiger partial charge in [0.05, 0.1) is 13.2 Å². The first kappa shape index (κ1) is 16.9. The van der Waals surface area contributed by atoms with Crippen molar-refractivity contribution >= 4 is 5.91 Å². The van der Waals surface area contributed by atoms with Crippen molar-refractivity contribution in [2.75, 3.05) is 13.7 Å². The average Bonchev–Trinajstić information content (AvgIpc) is 2.60. The van der Waals surface area contributed by atoms with Gasteiger partial charge in [-0.1, -0.05) is 37.3 Å². The van der Waals surface area contributed by atoms with Gasteiger partial charge < -0.3 is 14.8 Å². The van der Waals surface area contributed by atoms with Gasteiger partial charge in [0.15, 0.2) is 6.61 Å². The molecule has 0 radical (unpaired) electrons. The highest BCUT2D eigenvalue weighted by Crippen LogP contribution is 2.19. The van der Waals surface area contributed by atoms with Crippen molar-refractivity contribution < 1.29 is 14.3 Å². The third kappa shape index (κ3) is 5.02. The van der Waals surface area contributed by atoms with E-state index in [0.29, 0.717) is 11.5 Å². The van der Waals surface area contributed by atoms with Crippen LogP contribution in [0.15, 0.2) is 48.5 Å². The van der Waals surface area contributed by atoms with Crippen LogP contribution in [0, 0.1) is 0 Å². The maximum absolute atomic E-state index is 12.0. The molecule has 0 unspecified atom stereocenters. The summed E-state index contributed by atoms with van der Waals surface area (Å²) in [5, 5.41) is 2.94. The molecule has 4 heteroatoms. The van der Waals surface area contributed by atoms with Crippen LogP contribution >= 0.6 is 0 Å². The first-order valence-electron chi connectivity index (χ1n) is 7.77. The number of ether oxygens (including phenoxy) is 2. The topological polar surface area (TPSA) is 47.6 Å². The molecule has 0 aromatic heterocycles. The van der Waals surface area contributed by atoms with Gasteiger partial charge in [-0.05, 0) is 36.6 Å². The van der Waals surface area contributed by atoms with Crippen molar-refractivity contribution in [1.29, 1.82) is 0 Å². The van der Waals surface area contributed by atoms with E-state index in [0.717, 1.165) is 12.0 Å². The first-order valence-corrected chi connectivity index (χ1v) is 7.77. The SMILES string of the molecule is CCc1ccc([C@H](C)NC(=O)COc2cccc(OC)c2)cc1. The molecule has 4 nitrogen and oxygen atoms in total. The number of carbonyl (C=O) groups is 1. The van der Waals surface area contributed by atoms with Crippen LogP contribution in [-0.4, -0.2) is 19.6 Å². The molecular weight excluding hydrogens is 290 g/mol. The molecule has 2 rings (SSSR count). The Morgan fingerprint density at radius 3 is 2.48 bits per heavy atom. The lowest BCUT2D eigenvalue weighted by molar-refractivity contribution is -0.123. The number of methoxy groups -OCH3 is 1. The molecule has 0 saturated carbocycles. The minimum absolute atomic E-state index is 0.0233. The summed E-state index contributed by atoms with van der Waals surface area (Å²) in [6.45, 7) is 4.06. The number of benzene rings is 2. The molecule has 1 amide bonds. The molecule has 0 aliphatic carbocycles. The summed E-state index contributed by atoms with van der Waals surface area (Å²) in [5.41, 5.74) is 2.37. The molecule has 0 bridgehead atoms. The van der Waals surface area contributed by atoms with Crippen molar-refractivity contribution in [2.24, 2.45) is 0 Å². The van der Waals surface area contributed by atoms with Crippen molar-refractivity contribution in [3.63, 3.8) is 0 Å². The van der Waals surface area contributed by atoms with E-state index in [1.807, 2.05) is 31.2 Å². The molecule has 122 valence electrons. The van der Waals surface area contributed by atoms with Crippen LogP contribution < -0.4 is 14.8 Å². The fourth-order valence-corrected chi connectivity index (χ4v) is 2.25. The summed E-state index contributed by atoms with van der Waals surface area (Å²) in [6, 6.07) is 15.4. The van der Waals surface area contributed by atoms with Crippen LogP contribution in [-0.2, 0) is 11.2 Å². The monoisotopic (exact) mass is 313 g/mol. The Morgan fingerprint density at radius 1 is 1.13 bits per heavy atom. The first-order chi connectivity index (χ1) is 11.1. The van der Waals surface area contributed by atoms with E-state index in [1.54, 1.807) is 19.2 Å². The predicted molar refractivity (Wildman–Crippen MR) is 90.9 cm³/mol. The summed E-state index contributed by atoms with van der Waals surface area (Å²) in [6.07, 6.45) is 1.01. The third-order valence-corrected chi connectivity index (χ3v) is 3.68. The van der Waals surface area contributed by atoms with Gasteiger partial charge in [0, 0.05) is 6.07 Å². The van der Waals surface area contributed by atoms with Crippen LogP contribution in [0.2, 0.25) is 0 Å². The van der Waals surface area contributed by atoms with Gasteiger partial charge in [-0.25, -0.2) is 0 Å². The van der Waals surface area contributed by atoms with E-state index in [-0.39, 0.29) is 18.6 Å².